The lowest BCUT2D eigenvalue weighted by Gasteiger charge is -2.34. The number of fused-ring (bicyclic) bond motifs is 1. The Balaban J connectivity index is 1.40. The molecular formula is C19H23N5O2. The van der Waals surface area contributed by atoms with Crippen molar-refractivity contribution in [2.45, 2.75) is 38.9 Å². The van der Waals surface area contributed by atoms with E-state index in [2.05, 4.69) is 22.3 Å². The first kappa shape index (κ1) is 16.8. The van der Waals surface area contributed by atoms with E-state index in [-0.39, 0.29) is 23.8 Å². The number of hydrogen-bond donors (Lipinski definition) is 1. The highest BCUT2D eigenvalue weighted by molar-refractivity contribution is 5.82. The van der Waals surface area contributed by atoms with Crippen LogP contribution in [0.25, 0.3) is 0 Å². The molecule has 3 atom stereocenters. The zero-order chi connectivity index (χ0) is 18.1. The van der Waals surface area contributed by atoms with Crippen LogP contribution in [0.15, 0.2) is 36.7 Å². The second-order valence-corrected chi connectivity index (χ2v) is 7.26. The van der Waals surface area contributed by atoms with Crippen LogP contribution in [0.5, 0.6) is 0 Å². The van der Waals surface area contributed by atoms with E-state index in [1.54, 1.807) is 12.4 Å². The molecule has 3 heterocycles. The first-order valence-corrected chi connectivity index (χ1v) is 9.09. The van der Waals surface area contributed by atoms with E-state index in [0.717, 1.165) is 17.8 Å². The van der Waals surface area contributed by atoms with Gasteiger partial charge in [-0.3, -0.25) is 19.3 Å². The summed E-state index contributed by atoms with van der Waals surface area (Å²) in [6.07, 6.45) is 4.72. The SMILES string of the molecule is C[C@@H]1C[C@H]1C(=O)N1Cc2ccnn2[C@H](CC(=O)NCc2ccccn2)C1. The number of amides is 2. The van der Waals surface area contributed by atoms with Crippen LogP contribution in [0.3, 0.4) is 0 Å². The van der Waals surface area contributed by atoms with E-state index in [0.29, 0.717) is 32.0 Å². The summed E-state index contributed by atoms with van der Waals surface area (Å²) in [6, 6.07) is 7.42. The van der Waals surface area contributed by atoms with Gasteiger partial charge in [0.15, 0.2) is 0 Å². The van der Waals surface area contributed by atoms with Gasteiger partial charge in [0, 0.05) is 24.9 Å². The number of pyridine rings is 1. The number of rotatable bonds is 5. The average molecular weight is 353 g/mol. The quantitative estimate of drug-likeness (QED) is 0.884. The average Bonchev–Trinajstić information content (AvgIpc) is 3.18. The van der Waals surface area contributed by atoms with Gasteiger partial charge in [0.05, 0.1) is 36.9 Å². The molecule has 136 valence electrons. The fourth-order valence-electron chi connectivity index (χ4n) is 3.59. The van der Waals surface area contributed by atoms with Gasteiger partial charge in [0.2, 0.25) is 11.8 Å². The van der Waals surface area contributed by atoms with Crippen molar-refractivity contribution in [3.8, 4) is 0 Å². The maximum Gasteiger partial charge on any atom is 0.226 e. The van der Waals surface area contributed by atoms with Gasteiger partial charge in [0.25, 0.3) is 0 Å². The fraction of sp³-hybridized carbons (Fsp3) is 0.474. The molecule has 26 heavy (non-hydrogen) atoms. The molecule has 1 aliphatic heterocycles. The van der Waals surface area contributed by atoms with Gasteiger partial charge in [-0.25, -0.2) is 0 Å². The van der Waals surface area contributed by atoms with E-state index in [1.165, 1.54) is 0 Å². The van der Waals surface area contributed by atoms with E-state index in [4.69, 9.17) is 0 Å². The van der Waals surface area contributed by atoms with Crippen molar-refractivity contribution >= 4 is 11.8 Å². The van der Waals surface area contributed by atoms with Crippen molar-refractivity contribution in [3.05, 3.63) is 48.0 Å². The molecule has 0 aromatic carbocycles. The number of nitrogens with one attached hydrogen (secondary N) is 1. The van der Waals surface area contributed by atoms with Crippen molar-refractivity contribution in [1.82, 2.24) is 25.0 Å². The molecule has 7 heteroatoms. The van der Waals surface area contributed by atoms with Crippen LogP contribution in [-0.2, 0) is 22.7 Å². The lowest BCUT2D eigenvalue weighted by atomic mass is 10.1. The minimum absolute atomic E-state index is 0.0591. The van der Waals surface area contributed by atoms with Crippen molar-refractivity contribution in [2.24, 2.45) is 11.8 Å². The molecule has 1 N–H and O–H groups in total. The molecule has 1 aliphatic carbocycles. The monoisotopic (exact) mass is 353 g/mol. The van der Waals surface area contributed by atoms with E-state index >= 15 is 0 Å². The Morgan fingerprint density at radius 1 is 1.27 bits per heavy atom. The summed E-state index contributed by atoms with van der Waals surface area (Å²) in [5, 5.41) is 7.27. The van der Waals surface area contributed by atoms with Crippen molar-refractivity contribution in [3.63, 3.8) is 0 Å². The van der Waals surface area contributed by atoms with Crippen LogP contribution in [0.2, 0.25) is 0 Å². The van der Waals surface area contributed by atoms with Crippen molar-refractivity contribution in [2.75, 3.05) is 6.54 Å². The molecule has 0 bridgehead atoms. The molecule has 0 spiro atoms. The third kappa shape index (κ3) is 3.47. The Morgan fingerprint density at radius 3 is 2.85 bits per heavy atom. The number of nitrogens with zero attached hydrogens (tertiary/aromatic N) is 4. The largest absolute Gasteiger partial charge is 0.350 e. The first-order chi connectivity index (χ1) is 12.6. The molecular weight excluding hydrogens is 330 g/mol. The van der Waals surface area contributed by atoms with Gasteiger partial charge in [-0.05, 0) is 30.5 Å². The Bertz CT molecular complexity index is 803. The predicted molar refractivity (Wildman–Crippen MR) is 94.7 cm³/mol. The van der Waals surface area contributed by atoms with Gasteiger partial charge in [-0.15, -0.1) is 0 Å². The molecule has 2 aromatic rings. The third-order valence-corrected chi connectivity index (χ3v) is 5.23. The van der Waals surface area contributed by atoms with Crippen LogP contribution < -0.4 is 5.32 Å². The van der Waals surface area contributed by atoms with Crippen LogP contribution in [0.1, 0.15) is 37.2 Å². The zero-order valence-electron chi connectivity index (χ0n) is 14.8. The van der Waals surface area contributed by atoms with Crippen LogP contribution >= 0.6 is 0 Å². The van der Waals surface area contributed by atoms with Gasteiger partial charge in [0.1, 0.15) is 0 Å². The summed E-state index contributed by atoms with van der Waals surface area (Å²) in [5.41, 5.74) is 1.81. The Kier molecular flexibility index (Phi) is 4.44. The summed E-state index contributed by atoms with van der Waals surface area (Å²) >= 11 is 0. The number of hydrogen-bond acceptors (Lipinski definition) is 4. The van der Waals surface area contributed by atoms with Gasteiger partial charge >= 0.3 is 0 Å². The van der Waals surface area contributed by atoms with Gasteiger partial charge in [-0.2, -0.15) is 5.10 Å². The summed E-state index contributed by atoms with van der Waals surface area (Å²) in [4.78, 5) is 31.1. The van der Waals surface area contributed by atoms with Gasteiger partial charge in [-0.1, -0.05) is 13.0 Å². The summed E-state index contributed by atoms with van der Waals surface area (Å²) in [5.74, 6) is 0.789. The van der Waals surface area contributed by atoms with Crippen molar-refractivity contribution < 1.29 is 9.59 Å². The van der Waals surface area contributed by atoms with Gasteiger partial charge < -0.3 is 10.2 Å². The normalized spacial score (nSPS) is 24.0. The highest BCUT2D eigenvalue weighted by Crippen LogP contribution is 2.40. The maximum atomic E-state index is 12.6. The van der Waals surface area contributed by atoms with Crippen LogP contribution in [0, 0.1) is 11.8 Å². The second-order valence-electron chi connectivity index (χ2n) is 7.26. The highest BCUT2D eigenvalue weighted by Gasteiger charge is 2.43. The fourth-order valence-corrected chi connectivity index (χ4v) is 3.59. The smallest absolute Gasteiger partial charge is 0.226 e. The minimum atomic E-state index is -0.129. The summed E-state index contributed by atoms with van der Waals surface area (Å²) in [7, 11) is 0. The Hall–Kier alpha value is -2.70. The Labute approximate surface area is 152 Å². The highest BCUT2D eigenvalue weighted by atomic mass is 16.2. The lowest BCUT2D eigenvalue weighted by molar-refractivity contribution is -0.136. The Morgan fingerprint density at radius 2 is 2.12 bits per heavy atom. The van der Waals surface area contributed by atoms with E-state index in [9.17, 15) is 9.59 Å². The number of carbonyl (C=O) groups excluding carboxylic acids is 2. The molecule has 2 aliphatic rings. The first-order valence-electron chi connectivity index (χ1n) is 9.09. The van der Waals surface area contributed by atoms with E-state index in [1.807, 2.05) is 33.8 Å². The summed E-state index contributed by atoms with van der Waals surface area (Å²) < 4.78 is 1.89. The molecule has 0 saturated heterocycles. The second kappa shape index (κ2) is 6.90. The zero-order valence-corrected chi connectivity index (χ0v) is 14.8. The molecule has 1 fully saturated rings. The van der Waals surface area contributed by atoms with Crippen LogP contribution in [-0.4, -0.2) is 38.0 Å². The minimum Gasteiger partial charge on any atom is -0.350 e. The topological polar surface area (TPSA) is 80.1 Å². The maximum absolute atomic E-state index is 12.6. The van der Waals surface area contributed by atoms with Crippen molar-refractivity contribution in [1.29, 1.82) is 0 Å². The van der Waals surface area contributed by atoms with E-state index < -0.39 is 0 Å². The molecule has 2 aromatic heterocycles. The molecule has 0 radical (unpaired) electrons. The molecule has 2 amide bonds. The standard InChI is InChI=1S/C19H23N5O2/c1-13-8-17(13)19(26)23-11-15-5-7-22-24(15)16(12-23)9-18(25)21-10-14-4-2-3-6-20-14/h2-7,13,16-17H,8-12H2,1H3,(H,21,25)/t13-,16-,17-/m1/s1. The molecule has 1 saturated carbocycles. The third-order valence-electron chi connectivity index (χ3n) is 5.23. The molecule has 7 nitrogen and oxygen atoms in total. The lowest BCUT2D eigenvalue weighted by Crippen LogP contribution is -2.43. The molecule has 0 unspecified atom stereocenters. The predicted octanol–water partition coefficient (Wildman–Crippen LogP) is 1.52. The molecule has 4 rings (SSSR count). The van der Waals surface area contributed by atoms with Crippen LogP contribution in [0.4, 0.5) is 0 Å². The number of aromatic nitrogens is 3. The summed E-state index contributed by atoms with van der Waals surface area (Å²) in [6.45, 7) is 3.63. The number of carbonyl (C=O) groups is 2.